The fraction of sp³-hybridized carbons (Fsp3) is 0.471. The van der Waals surface area contributed by atoms with Crippen LogP contribution in [0.25, 0.3) is 0 Å². The average molecular weight is 387 g/mol. The molecule has 2 amide bonds. The fourth-order valence-electron chi connectivity index (χ4n) is 3.13. The van der Waals surface area contributed by atoms with Crippen molar-refractivity contribution in [2.45, 2.75) is 31.6 Å². The maximum Gasteiger partial charge on any atom is 0.416 e. The molecule has 0 unspecified atom stereocenters. The third-order valence-corrected chi connectivity index (χ3v) is 4.50. The van der Waals surface area contributed by atoms with Crippen LogP contribution in [0.2, 0.25) is 0 Å². The summed E-state index contributed by atoms with van der Waals surface area (Å²) in [6, 6.07) is 4.20. The van der Waals surface area contributed by atoms with Gasteiger partial charge in [0.15, 0.2) is 0 Å². The summed E-state index contributed by atoms with van der Waals surface area (Å²) >= 11 is 0. The van der Waals surface area contributed by atoms with Gasteiger partial charge in [-0.1, -0.05) is 12.1 Å². The molecule has 0 bridgehead atoms. The molecule has 7 nitrogen and oxygen atoms in total. The molecule has 148 valence electrons. The Morgan fingerprint density at radius 1 is 1.22 bits per heavy atom. The standard InChI is InChI=1S/C15H16F3N3O2.C2H4O2/c1-9(10-2-4-11(5-3-10)15(16,17)18)21-12(22)6-20-13(23)14(21)7-19-8-14;1-2(3)4/h2-5,9,19H,6-8H2,1H3,(H,20,23);1H3,(H,3,4)/t9-;/m0./s1. The number of carbonyl (C=O) groups is 3. The molecule has 2 fully saturated rings. The number of aliphatic carboxylic acids is 1. The molecule has 3 N–H and O–H groups in total. The number of halogens is 3. The number of carboxylic acids is 1. The Kier molecular flexibility index (Phi) is 5.79. The molecule has 10 heteroatoms. The summed E-state index contributed by atoms with van der Waals surface area (Å²) in [5.41, 5.74) is -1.12. The summed E-state index contributed by atoms with van der Waals surface area (Å²) < 4.78 is 37.9. The number of carbonyl (C=O) groups excluding carboxylic acids is 2. The molecule has 2 aliphatic rings. The molecule has 2 aliphatic heterocycles. The second-order valence-corrected chi connectivity index (χ2v) is 6.40. The Hall–Kier alpha value is -2.62. The van der Waals surface area contributed by atoms with Crippen LogP contribution in [0.1, 0.15) is 31.0 Å². The van der Waals surface area contributed by atoms with Crippen LogP contribution in [0.15, 0.2) is 24.3 Å². The van der Waals surface area contributed by atoms with Gasteiger partial charge >= 0.3 is 6.18 Å². The van der Waals surface area contributed by atoms with Gasteiger partial charge in [-0.25, -0.2) is 0 Å². The number of piperazine rings is 1. The Balaban J connectivity index is 0.000000596. The van der Waals surface area contributed by atoms with Crippen molar-refractivity contribution in [1.82, 2.24) is 15.5 Å². The van der Waals surface area contributed by atoms with Crippen LogP contribution in [0, 0.1) is 0 Å². The minimum atomic E-state index is -4.40. The Labute approximate surface area is 153 Å². The zero-order valence-electron chi connectivity index (χ0n) is 14.8. The quantitative estimate of drug-likeness (QED) is 0.707. The summed E-state index contributed by atoms with van der Waals surface area (Å²) in [5.74, 6) is -1.30. The van der Waals surface area contributed by atoms with Crippen molar-refractivity contribution in [1.29, 1.82) is 0 Å². The second-order valence-electron chi connectivity index (χ2n) is 6.40. The maximum atomic E-state index is 12.6. The molecule has 1 atom stereocenters. The third kappa shape index (κ3) is 4.21. The number of alkyl halides is 3. The topological polar surface area (TPSA) is 98.7 Å². The van der Waals surface area contributed by atoms with Crippen molar-refractivity contribution in [3.63, 3.8) is 0 Å². The van der Waals surface area contributed by atoms with Crippen LogP contribution >= 0.6 is 0 Å². The van der Waals surface area contributed by atoms with E-state index in [0.29, 0.717) is 18.7 Å². The van der Waals surface area contributed by atoms with E-state index >= 15 is 0 Å². The number of nitrogens with zero attached hydrogens (tertiary/aromatic N) is 1. The molecule has 0 radical (unpaired) electrons. The van der Waals surface area contributed by atoms with Gasteiger partial charge in [0, 0.05) is 20.0 Å². The van der Waals surface area contributed by atoms with Crippen molar-refractivity contribution in [3.8, 4) is 0 Å². The van der Waals surface area contributed by atoms with Gasteiger partial charge in [-0.3, -0.25) is 14.4 Å². The van der Waals surface area contributed by atoms with Gasteiger partial charge in [0.25, 0.3) is 5.97 Å². The average Bonchev–Trinajstić information content (AvgIpc) is 2.53. The largest absolute Gasteiger partial charge is 0.481 e. The Morgan fingerprint density at radius 2 is 1.74 bits per heavy atom. The molecular weight excluding hydrogens is 367 g/mol. The number of nitrogens with one attached hydrogen (secondary N) is 2. The smallest absolute Gasteiger partial charge is 0.416 e. The molecule has 0 aliphatic carbocycles. The Bertz CT molecular complexity index is 726. The predicted octanol–water partition coefficient (Wildman–Crippen LogP) is 1.16. The van der Waals surface area contributed by atoms with E-state index in [1.807, 2.05) is 0 Å². The van der Waals surface area contributed by atoms with E-state index in [-0.39, 0.29) is 18.4 Å². The number of benzene rings is 1. The number of hydrogen-bond acceptors (Lipinski definition) is 4. The first-order chi connectivity index (χ1) is 12.5. The van der Waals surface area contributed by atoms with Crippen molar-refractivity contribution < 1.29 is 32.7 Å². The molecule has 27 heavy (non-hydrogen) atoms. The minimum Gasteiger partial charge on any atom is -0.481 e. The number of carboxylic acid groups (broad SMARTS) is 1. The SMILES string of the molecule is CC(=O)O.C[C@@H](c1ccc(C(F)(F)F)cc1)N1C(=O)CNC(=O)C12CNC2. The zero-order valence-corrected chi connectivity index (χ0v) is 14.8. The third-order valence-electron chi connectivity index (χ3n) is 4.50. The van der Waals surface area contributed by atoms with Crippen molar-refractivity contribution in [2.24, 2.45) is 0 Å². The summed E-state index contributed by atoms with van der Waals surface area (Å²) in [6.07, 6.45) is -4.40. The van der Waals surface area contributed by atoms with Crippen LogP contribution in [-0.4, -0.2) is 53.0 Å². The fourth-order valence-corrected chi connectivity index (χ4v) is 3.13. The van der Waals surface area contributed by atoms with Crippen molar-refractivity contribution in [3.05, 3.63) is 35.4 Å². The monoisotopic (exact) mass is 387 g/mol. The van der Waals surface area contributed by atoms with E-state index in [1.165, 1.54) is 17.0 Å². The van der Waals surface area contributed by atoms with Crippen LogP contribution in [0.3, 0.4) is 0 Å². The lowest BCUT2D eigenvalue weighted by Gasteiger charge is -2.53. The number of amides is 2. The highest BCUT2D eigenvalue weighted by atomic mass is 19.4. The van der Waals surface area contributed by atoms with Gasteiger partial charge in [-0.15, -0.1) is 0 Å². The Morgan fingerprint density at radius 3 is 2.15 bits per heavy atom. The van der Waals surface area contributed by atoms with Gasteiger partial charge in [-0.05, 0) is 24.6 Å². The first kappa shape index (κ1) is 20.7. The predicted molar refractivity (Wildman–Crippen MR) is 88.6 cm³/mol. The van der Waals surface area contributed by atoms with E-state index in [2.05, 4.69) is 10.6 Å². The number of rotatable bonds is 2. The highest BCUT2D eigenvalue weighted by Crippen LogP contribution is 2.35. The number of hydrogen-bond donors (Lipinski definition) is 3. The first-order valence-corrected chi connectivity index (χ1v) is 8.17. The van der Waals surface area contributed by atoms with E-state index < -0.39 is 29.3 Å². The lowest BCUT2D eigenvalue weighted by Crippen LogP contribution is -2.79. The molecule has 2 saturated heterocycles. The van der Waals surface area contributed by atoms with E-state index in [9.17, 15) is 22.8 Å². The van der Waals surface area contributed by atoms with Crippen LogP contribution in [-0.2, 0) is 20.6 Å². The van der Waals surface area contributed by atoms with Gasteiger partial charge < -0.3 is 20.6 Å². The van der Waals surface area contributed by atoms with Crippen LogP contribution in [0.5, 0.6) is 0 Å². The highest BCUT2D eigenvalue weighted by molar-refractivity contribution is 5.99. The normalized spacial score (nSPS) is 19.5. The molecular formula is C17H20F3N3O4. The molecule has 1 aromatic rings. The first-order valence-electron chi connectivity index (χ1n) is 8.17. The van der Waals surface area contributed by atoms with Crippen molar-refractivity contribution >= 4 is 17.8 Å². The molecule has 0 saturated carbocycles. The van der Waals surface area contributed by atoms with Gasteiger partial charge in [0.05, 0.1) is 18.2 Å². The van der Waals surface area contributed by atoms with Gasteiger partial charge in [0.2, 0.25) is 11.8 Å². The lowest BCUT2D eigenvalue weighted by atomic mass is 9.84. The molecule has 1 aromatic carbocycles. The van der Waals surface area contributed by atoms with E-state index in [4.69, 9.17) is 9.90 Å². The second kappa shape index (κ2) is 7.55. The van der Waals surface area contributed by atoms with Gasteiger partial charge in [-0.2, -0.15) is 13.2 Å². The van der Waals surface area contributed by atoms with Crippen LogP contribution < -0.4 is 10.6 Å². The summed E-state index contributed by atoms with van der Waals surface area (Å²) in [6.45, 7) is 3.40. The van der Waals surface area contributed by atoms with Crippen molar-refractivity contribution in [2.75, 3.05) is 19.6 Å². The summed E-state index contributed by atoms with van der Waals surface area (Å²) in [4.78, 5) is 35.0. The molecule has 0 aromatic heterocycles. The van der Waals surface area contributed by atoms with Gasteiger partial charge in [0.1, 0.15) is 5.54 Å². The highest BCUT2D eigenvalue weighted by Gasteiger charge is 2.55. The molecule has 2 heterocycles. The zero-order chi connectivity index (χ0) is 20.4. The molecule has 3 rings (SSSR count). The summed E-state index contributed by atoms with van der Waals surface area (Å²) in [5, 5.41) is 13.0. The van der Waals surface area contributed by atoms with Crippen LogP contribution in [0.4, 0.5) is 13.2 Å². The minimum absolute atomic E-state index is 0.0917. The van der Waals surface area contributed by atoms with E-state index in [1.54, 1.807) is 6.92 Å². The molecule has 1 spiro atoms. The lowest BCUT2D eigenvalue weighted by molar-refractivity contribution is -0.161. The maximum absolute atomic E-state index is 12.6. The summed E-state index contributed by atoms with van der Waals surface area (Å²) in [7, 11) is 0. The van der Waals surface area contributed by atoms with E-state index in [0.717, 1.165) is 19.1 Å².